The molecule has 0 radical (unpaired) electrons. The van der Waals surface area contributed by atoms with Gasteiger partial charge < -0.3 is 15.3 Å². The zero-order chi connectivity index (χ0) is 12.9. The largest absolute Gasteiger partial charge is 0.507 e. The summed E-state index contributed by atoms with van der Waals surface area (Å²) in [4.78, 5) is 0. The van der Waals surface area contributed by atoms with Gasteiger partial charge in [0.2, 0.25) is 0 Å². The zero-order valence-electron chi connectivity index (χ0n) is 9.81. The van der Waals surface area contributed by atoms with Crippen LogP contribution in [0.25, 0.3) is 21.5 Å². The predicted octanol–water partition coefficient (Wildman–Crippen LogP) is 3.42. The van der Waals surface area contributed by atoms with Crippen LogP contribution in [-0.4, -0.2) is 15.3 Å². The standard InChI is InChI=1S/C15H12O3/c1-8-4-10-6-9-2-3-13(16)15(18)12(9)7-11(10)14(17)5-8/h2-7,16-18H,1H3. The molecule has 3 rings (SSSR count). The SMILES string of the molecule is Cc1cc(O)c2cc3c(O)c(O)ccc3cc2c1. The molecule has 0 fully saturated rings. The van der Waals surface area contributed by atoms with Gasteiger partial charge in [-0.25, -0.2) is 0 Å². The van der Waals surface area contributed by atoms with Gasteiger partial charge in [0.1, 0.15) is 5.75 Å². The van der Waals surface area contributed by atoms with E-state index in [1.165, 1.54) is 6.07 Å². The van der Waals surface area contributed by atoms with Crippen molar-refractivity contribution in [2.75, 3.05) is 0 Å². The highest BCUT2D eigenvalue weighted by Gasteiger charge is 2.09. The number of fused-ring (bicyclic) bond motifs is 2. The van der Waals surface area contributed by atoms with Gasteiger partial charge in [-0.2, -0.15) is 0 Å². The molecule has 0 unspecified atom stereocenters. The first kappa shape index (κ1) is 10.7. The summed E-state index contributed by atoms with van der Waals surface area (Å²) < 4.78 is 0. The topological polar surface area (TPSA) is 60.7 Å². The van der Waals surface area contributed by atoms with Gasteiger partial charge in [-0.15, -0.1) is 0 Å². The molecule has 0 atom stereocenters. The molecule has 0 aliphatic rings. The second kappa shape index (κ2) is 3.53. The van der Waals surface area contributed by atoms with Crippen molar-refractivity contribution in [3.63, 3.8) is 0 Å². The Hall–Kier alpha value is -2.42. The minimum atomic E-state index is -0.159. The Morgan fingerprint density at radius 3 is 2.28 bits per heavy atom. The molecular weight excluding hydrogens is 228 g/mol. The first-order chi connectivity index (χ1) is 8.56. The number of hydrogen-bond donors (Lipinski definition) is 3. The third-order valence-corrected chi connectivity index (χ3v) is 3.16. The Morgan fingerprint density at radius 1 is 0.722 bits per heavy atom. The normalized spacial score (nSPS) is 11.2. The Bertz CT molecular complexity index is 776. The molecule has 3 heteroatoms. The summed E-state index contributed by atoms with van der Waals surface area (Å²) in [6.07, 6.45) is 0. The molecule has 0 saturated heterocycles. The molecule has 0 saturated carbocycles. The van der Waals surface area contributed by atoms with E-state index in [1.807, 2.05) is 19.1 Å². The minimum Gasteiger partial charge on any atom is -0.507 e. The monoisotopic (exact) mass is 240 g/mol. The Morgan fingerprint density at radius 2 is 1.50 bits per heavy atom. The van der Waals surface area contributed by atoms with Gasteiger partial charge in [0.15, 0.2) is 11.5 Å². The maximum Gasteiger partial charge on any atom is 0.165 e. The van der Waals surface area contributed by atoms with Crippen molar-refractivity contribution in [1.29, 1.82) is 0 Å². The van der Waals surface area contributed by atoms with E-state index >= 15 is 0 Å². The molecule has 0 aliphatic heterocycles. The van der Waals surface area contributed by atoms with Crippen LogP contribution in [0.15, 0.2) is 36.4 Å². The van der Waals surface area contributed by atoms with Crippen molar-refractivity contribution in [1.82, 2.24) is 0 Å². The van der Waals surface area contributed by atoms with Gasteiger partial charge in [-0.1, -0.05) is 12.1 Å². The summed E-state index contributed by atoms with van der Waals surface area (Å²) in [5, 5.41) is 32.2. The second-order valence-electron chi connectivity index (χ2n) is 4.51. The van der Waals surface area contributed by atoms with E-state index in [1.54, 1.807) is 18.2 Å². The van der Waals surface area contributed by atoms with Crippen molar-refractivity contribution in [2.24, 2.45) is 0 Å². The number of benzene rings is 3. The highest BCUT2D eigenvalue weighted by molar-refractivity contribution is 6.03. The van der Waals surface area contributed by atoms with Crippen molar-refractivity contribution >= 4 is 21.5 Å². The number of phenolic OH excluding ortho intramolecular Hbond substituents is 3. The fourth-order valence-corrected chi connectivity index (χ4v) is 2.28. The lowest BCUT2D eigenvalue weighted by Crippen LogP contribution is -1.81. The minimum absolute atomic E-state index is 0.158. The highest BCUT2D eigenvalue weighted by Crippen LogP contribution is 2.38. The molecule has 0 spiro atoms. The van der Waals surface area contributed by atoms with E-state index in [0.717, 1.165) is 16.3 Å². The Kier molecular flexibility index (Phi) is 2.10. The zero-order valence-corrected chi connectivity index (χ0v) is 9.81. The third kappa shape index (κ3) is 1.44. The highest BCUT2D eigenvalue weighted by atomic mass is 16.3. The summed E-state index contributed by atoms with van der Waals surface area (Å²) in [5.41, 5.74) is 0.974. The molecule has 0 aromatic heterocycles. The average molecular weight is 240 g/mol. The molecular formula is C15H12O3. The van der Waals surface area contributed by atoms with Crippen LogP contribution in [0.1, 0.15) is 5.56 Å². The van der Waals surface area contributed by atoms with Crippen molar-refractivity contribution in [3.05, 3.63) is 42.0 Å². The van der Waals surface area contributed by atoms with Crippen molar-refractivity contribution in [2.45, 2.75) is 6.92 Å². The van der Waals surface area contributed by atoms with Crippen LogP contribution in [0.5, 0.6) is 17.2 Å². The molecule has 90 valence electrons. The molecule has 18 heavy (non-hydrogen) atoms. The molecule has 3 N–H and O–H groups in total. The summed E-state index contributed by atoms with van der Waals surface area (Å²) in [6, 6.07) is 10.4. The molecule has 0 aliphatic carbocycles. The van der Waals surface area contributed by atoms with Crippen LogP contribution in [0.4, 0.5) is 0 Å². The summed E-state index contributed by atoms with van der Waals surface area (Å²) in [5.74, 6) is -0.141. The van der Waals surface area contributed by atoms with Crippen LogP contribution in [0.3, 0.4) is 0 Å². The van der Waals surface area contributed by atoms with E-state index in [9.17, 15) is 15.3 Å². The second-order valence-corrected chi connectivity index (χ2v) is 4.51. The van der Waals surface area contributed by atoms with E-state index in [0.29, 0.717) is 10.8 Å². The van der Waals surface area contributed by atoms with E-state index in [-0.39, 0.29) is 17.2 Å². The lowest BCUT2D eigenvalue weighted by Gasteiger charge is -2.08. The van der Waals surface area contributed by atoms with Gasteiger partial charge in [0.05, 0.1) is 0 Å². The molecule has 3 nitrogen and oxygen atoms in total. The van der Waals surface area contributed by atoms with E-state index < -0.39 is 0 Å². The van der Waals surface area contributed by atoms with Crippen LogP contribution < -0.4 is 0 Å². The average Bonchev–Trinajstić information content (AvgIpc) is 2.32. The molecule has 0 bridgehead atoms. The van der Waals surface area contributed by atoms with Gasteiger partial charge in [-0.3, -0.25) is 0 Å². The van der Waals surface area contributed by atoms with Gasteiger partial charge in [0.25, 0.3) is 0 Å². The van der Waals surface area contributed by atoms with Gasteiger partial charge in [0, 0.05) is 10.8 Å². The summed E-state index contributed by atoms with van der Waals surface area (Å²) in [6.45, 7) is 1.91. The number of aromatic hydroxyl groups is 3. The summed E-state index contributed by atoms with van der Waals surface area (Å²) >= 11 is 0. The van der Waals surface area contributed by atoms with Crippen LogP contribution in [0, 0.1) is 6.92 Å². The molecule has 3 aromatic carbocycles. The number of phenols is 3. The van der Waals surface area contributed by atoms with E-state index in [2.05, 4.69) is 0 Å². The maximum absolute atomic E-state index is 9.93. The number of rotatable bonds is 0. The smallest absolute Gasteiger partial charge is 0.165 e. The van der Waals surface area contributed by atoms with Gasteiger partial charge >= 0.3 is 0 Å². The van der Waals surface area contributed by atoms with Crippen LogP contribution in [-0.2, 0) is 0 Å². The Labute approximate surface area is 104 Å². The van der Waals surface area contributed by atoms with E-state index in [4.69, 9.17) is 0 Å². The number of hydrogen-bond acceptors (Lipinski definition) is 3. The van der Waals surface area contributed by atoms with Crippen molar-refractivity contribution in [3.8, 4) is 17.2 Å². The quantitative estimate of drug-likeness (QED) is 0.417. The first-order valence-corrected chi connectivity index (χ1v) is 5.64. The number of aryl methyl sites for hydroxylation is 1. The predicted molar refractivity (Wildman–Crippen MR) is 71.2 cm³/mol. The fraction of sp³-hybridized carbons (Fsp3) is 0.0667. The fourth-order valence-electron chi connectivity index (χ4n) is 2.28. The van der Waals surface area contributed by atoms with Crippen molar-refractivity contribution < 1.29 is 15.3 Å². The Balaban J connectivity index is 2.51. The lowest BCUT2D eigenvalue weighted by atomic mass is 10.0. The lowest BCUT2D eigenvalue weighted by molar-refractivity contribution is 0.408. The van der Waals surface area contributed by atoms with Crippen LogP contribution in [0.2, 0.25) is 0 Å². The summed E-state index contributed by atoms with van der Waals surface area (Å²) in [7, 11) is 0. The molecule has 3 aromatic rings. The maximum atomic E-state index is 9.93. The third-order valence-electron chi connectivity index (χ3n) is 3.16. The molecule has 0 amide bonds. The van der Waals surface area contributed by atoms with Gasteiger partial charge in [-0.05, 0) is 47.5 Å². The van der Waals surface area contributed by atoms with Crippen LogP contribution >= 0.6 is 0 Å². The molecule has 0 heterocycles. The first-order valence-electron chi connectivity index (χ1n) is 5.64.